The van der Waals surface area contributed by atoms with Gasteiger partial charge in [0.05, 0.1) is 5.41 Å². The Morgan fingerprint density at radius 3 is 2.58 bits per heavy atom. The zero-order valence-electron chi connectivity index (χ0n) is 16.0. The van der Waals surface area contributed by atoms with Crippen molar-refractivity contribution in [1.82, 2.24) is 5.32 Å². The highest BCUT2D eigenvalue weighted by Gasteiger charge is 2.50. The Balaban J connectivity index is 1.58. The van der Waals surface area contributed by atoms with Crippen molar-refractivity contribution < 1.29 is 9.59 Å². The van der Waals surface area contributed by atoms with E-state index in [4.69, 9.17) is 0 Å². The topological polar surface area (TPSA) is 49.4 Å². The van der Waals surface area contributed by atoms with E-state index in [1.54, 1.807) is 0 Å². The molecule has 4 heteroatoms. The number of carbonyl (C=O) groups is 2. The van der Waals surface area contributed by atoms with Crippen LogP contribution in [-0.4, -0.2) is 30.8 Å². The minimum absolute atomic E-state index is 0.126. The molecule has 3 aliphatic rings. The predicted molar refractivity (Wildman–Crippen MR) is 103 cm³/mol. The molecule has 4 nitrogen and oxygen atoms in total. The van der Waals surface area contributed by atoms with E-state index < -0.39 is 5.41 Å². The second-order valence-electron chi connectivity index (χ2n) is 8.74. The number of ketones is 1. The second-order valence-corrected chi connectivity index (χ2v) is 8.74. The molecule has 0 radical (unpaired) electrons. The van der Waals surface area contributed by atoms with Gasteiger partial charge in [-0.2, -0.15) is 0 Å². The third kappa shape index (κ3) is 2.88. The van der Waals surface area contributed by atoms with Gasteiger partial charge in [0, 0.05) is 24.6 Å². The Hall–Kier alpha value is -1.68. The molecule has 1 aliphatic carbocycles. The van der Waals surface area contributed by atoms with Crippen LogP contribution in [0.1, 0.15) is 57.9 Å². The summed E-state index contributed by atoms with van der Waals surface area (Å²) in [6, 6.07) is 8.35. The summed E-state index contributed by atoms with van der Waals surface area (Å²) in [5, 5.41) is 3.38. The fourth-order valence-corrected chi connectivity index (χ4v) is 5.04. The maximum absolute atomic E-state index is 13.5. The molecule has 1 N–H and O–H groups in total. The predicted octanol–water partition coefficient (Wildman–Crippen LogP) is 3.44. The summed E-state index contributed by atoms with van der Waals surface area (Å²) >= 11 is 0. The highest BCUT2D eigenvalue weighted by Crippen LogP contribution is 2.46. The van der Waals surface area contributed by atoms with E-state index in [0.717, 1.165) is 43.6 Å². The quantitative estimate of drug-likeness (QED) is 0.881. The zero-order chi connectivity index (χ0) is 18.3. The Morgan fingerprint density at radius 2 is 1.92 bits per heavy atom. The lowest BCUT2D eigenvalue weighted by atomic mass is 9.70. The van der Waals surface area contributed by atoms with Gasteiger partial charge in [-0.3, -0.25) is 9.59 Å². The number of amides is 1. The van der Waals surface area contributed by atoms with Gasteiger partial charge < -0.3 is 10.2 Å². The molecule has 2 aliphatic heterocycles. The van der Waals surface area contributed by atoms with Crippen molar-refractivity contribution in [3.63, 3.8) is 0 Å². The molecule has 1 aromatic carbocycles. The van der Waals surface area contributed by atoms with E-state index in [2.05, 4.69) is 18.3 Å². The number of carbonyl (C=O) groups excluding carboxylic acids is 2. The first kappa shape index (κ1) is 17.7. The fourth-order valence-electron chi connectivity index (χ4n) is 5.04. The molecular formula is C22H30N2O2. The number of anilines is 1. The van der Waals surface area contributed by atoms with E-state index in [-0.39, 0.29) is 17.7 Å². The highest BCUT2D eigenvalue weighted by molar-refractivity contribution is 6.10. The molecule has 3 unspecified atom stereocenters. The number of hydrogen-bond acceptors (Lipinski definition) is 3. The van der Waals surface area contributed by atoms with E-state index >= 15 is 0 Å². The third-order valence-electron chi connectivity index (χ3n) is 6.96. The minimum atomic E-state index is -0.703. The van der Waals surface area contributed by atoms with Crippen molar-refractivity contribution in [2.45, 2.75) is 63.8 Å². The largest absolute Gasteiger partial charge is 0.317 e. The third-order valence-corrected chi connectivity index (χ3v) is 6.96. The average Bonchev–Trinajstić information content (AvgIpc) is 2.87. The van der Waals surface area contributed by atoms with Gasteiger partial charge >= 0.3 is 0 Å². The zero-order valence-corrected chi connectivity index (χ0v) is 16.0. The number of fused-ring (bicyclic) bond motifs is 1. The van der Waals surface area contributed by atoms with Crippen LogP contribution in [0.25, 0.3) is 0 Å². The van der Waals surface area contributed by atoms with Crippen LogP contribution < -0.4 is 10.2 Å². The molecule has 0 bridgehead atoms. The van der Waals surface area contributed by atoms with Crippen LogP contribution in [0.2, 0.25) is 0 Å². The number of piperidine rings is 1. The first-order valence-corrected chi connectivity index (χ1v) is 10.2. The summed E-state index contributed by atoms with van der Waals surface area (Å²) in [5.74, 6) is 1.56. The molecule has 3 atom stereocenters. The van der Waals surface area contributed by atoms with Crippen LogP contribution in [0, 0.1) is 11.8 Å². The molecule has 4 rings (SSSR count). The van der Waals surface area contributed by atoms with Gasteiger partial charge in [-0.05, 0) is 62.7 Å². The molecular weight excluding hydrogens is 324 g/mol. The number of Topliss-reactive ketones (excluding diaryl/α,β-unsaturated/α-hetero) is 1. The molecule has 2 heterocycles. The molecule has 140 valence electrons. The Kier molecular flexibility index (Phi) is 4.64. The van der Waals surface area contributed by atoms with Gasteiger partial charge in [0.2, 0.25) is 5.91 Å². The van der Waals surface area contributed by atoms with Crippen LogP contribution in [0.5, 0.6) is 0 Å². The number of nitrogens with one attached hydrogen (secondary N) is 1. The summed E-state index contributed by atoms with van der Waals surface area (Å²) < 4.78 is 0. The summed E-state index contributed by atoms with van der Waals surface area (Å²) in [6.45, 7) is 6.12. The standard InChI is InChI=1S/C22H30N2O2/c1-15-7-8-16(15)13-18(25)14-22(2)19-5-3-4-6-20(19)24(21(22)26)17-9-11-23-12-10-17/h3-6,15-17,23H,7-14H2,1-2H3. The van der Waals surface area contributed by atoms with Crippen molar-refractivity contribution in [3.05, 3.63) is 29.8 Å². The molecule has 2 fully saturated rings. The van der Waals surface area contributed by atoms with E-state index in [1.807, 2.05) is 30.0 Å². The molecule has 0 aromatic heterocycles. The monoisotopic (exact) mass is 354 g/mol. The molecule has 1 saturated carbocycles. The highest BCUT2D eigenvalue weighted by atomic mass is 16.2. The van der Waals surface area contributed by atoms with Crippen molar-refractivity contribution >= 4 is 17.4 Å². The van der Waals surface area contributed by atoms with Crippen LogP contribution >= 0.6 is 0 Å². The van der Waals surface area contributed by atoms with Crippen molar-refractivity contribution in [2.24, 2.45) is 11.8 Å². The maximum atomic E-state index is 13.5. The average molecular weight is 354 g/mol. The van der Waals surface area contributed by atoms with Gasteiger partial charge in [-0.1, -0.05) is 31.5 Å². The summed E-state index contributed by atoms with van der Waals surface area (Å²) in [4.78, 5) is 28.3. The number of para-hydroxylation sites is 1. The molecule has 1 aromatic rings. The van der Waals surface area contributed by atoms with Crippen LogP contribution in [-0.2, 0) is 15.0 Å². The number of rotatable bonds is 5. The minimum Gasteiger partial charge on any atom is -0.317 e. The lowest BCUT2D eigenvalue weighted by Crippen LogP contribution is -2.48. The lowest BCUT2D eigenvalue weighted by Gasteiger charge is -2.35. The van der Waals surface area contributed by atoms with E-state index in [1.165, 1.54) is 6.42 Å². The van der Waals surface area contributed by atoms with Crippen molar-refractivity contribution in [1.29, 1.82) is 0 Å². The van der Waals surface area contributed by atoms with E-state index in [0.29, 0.717) is 24.7 Å². The number of hydrogen-bond donors (Lipinski definition) is 1. The van der Waals surface area contributed by atoms with E-state index in [9.17, 15) is 9.59 Å². The summed E-state index contributed by atoms with van der Waals surface area (Å²) in [7, 11) is 0. The van der Waals surface area contributed by atoms with Gasteiger partial charge in [-0.15, -0.1) is 0 Å². The van der Waals surface area contributed by atoms with Gasteiger partial charge in [-0.25, -0.2) is 0 Å². The maximum Gasteiger partial charge on any atom is 0.238 e. The summed E-state index contributed by atoms with van der Waals surface area (Å²) in [5.41, 5.74) is 1.36. The van der Waals surface area contributed by atoms with Crippen molar-refractivity contribution in [2.75, 3.05) is 18.0 Å². The Bertz CT molecular complexity index is 710. The smallest absolute Gasteiger partial charge is 0.238 e. The normalized spacial score (nSPS) is 31.6. The SMILES string of the molecule is CC1CCC1CC(=O)CC1(C)C(=O)N(C2CCNCC2)c2ccccc21. The van der Waals surface area contributed by atoms with Gasteiger partial charge in [0.15, 0.2) is 0 Å². The lowest BCUT2D eigenvalue weighted by molar-refractivity contribution is -0.129. The summed E-state index contributed by atoms with van der Waals surface area (Å²) in [6.07, 6.45) is 5.33. The van der Waals surface area contributed by atoms with Gasteiger partial charge in [0.25, 0.3) is 0 Å². The van der Waals surface area contributed by atoms with Crippen molar-refractivity contribution in [3.8, 4) is 0 Å². The van der Waals surface area contributed by atoms with Crippen LogP contribution in [0.4, 0.5) is 5.69 Å². The number of nitrogens with zero attached hydrogens (tertiary/aromatic N) is 1. The molecule has 26 heavy (non-hydrogen) atoms. The Morgan fingerprint density at radius 1 is 1.19 bits per heavy atom. The Labute approximate surface area is 156 Å². The number of benzene rings is 1. The molecule has 1 amide bonds. The molecule has 0 spiro atoms. The van der Waals surface area contributed by atoms with Crippen LogP contribution in [0.15, 0.2) is 24.3 Å². The second kappa shape index (κ2) is 6.80. The first-order chi connectivity index (χ1) is 12.5. The molecule has 1 saturated heterocycles. The fraction of sp³-hybridized carbons (Fsp3) is 0.636. The first-order valence-electron chi connectivity index (χ1n) is 10.2. The van der Waals surface area contributed by atoms with Crippen LogP contribution in [0.3, 0.4) is 0 Å². The van der Waals surface area contributed by atoms with Gasteiger partial charge in [0.1, 0.15) is 5.78 Å².